The van der Waals surface area contributed by atoms with Crippen molar-refractivity contribution in [2.75, 3.05) is 32.7 Å². The lowest BCUT2D eigenvalue weighted by molar-refractivity contribution is 0.362. The van der Waals surface area contributed by atoms with Gasteiger partial charge in [0.15, 0.2) is 11.5 Å². The fourth-order valence-corrected chi connectivity index (χ4v) is 3.72. The molecule has 0 atom stereocenters. The maximum atomic E-state index is 9.87. The van der Waals surface area contributed by atoms with Crippen LogP contribution in [-0.2, 0) is 6.42 Å². The minimum absolute atomic E-state index is 0.220. The Hall–Kier alpha value is -2.62. The molecule has 0 amide bonds. The van der Waals surface area contributed by atoms with Crippen LogP contribution in [0, 0.1) is 0 Å². The topological polar surface area (TPSA) is 41.9 Å². The second kappa shape index (κ2) is 4.95. The van der Waals surface area contributed by atoms with Crippen molar-refractivity contribution in [3.05, 3.63) is 35.9 Å². The number of aromatic hydroxyl groups is 1. The van der Waals surface area contributed by atoms with Crippen LogP contribution >= 0.6 is 0 Å². The average Bonchev–Trinajstić information content (AvgIpc) is 2.94. The molecule has 0 radical (unpaired) electrons. The minimum Gasteiger partial charge on any atom is -0.508 e. The molecule has 0 aromatic heterocycles. The van der Waals surface area contributed by atoms with Gasteiger partial charge >= 0.3 is 0 Å². The van der Waals surface area contributed by atoms with Crippen molar-refractivity contribution in [2.45, 2.75) is 6.42 Å². The highest BCUT2D eigenvalue weighted by Crippen LogP contribution is 2.48. The summed E-state index contributed by atoms with van der Waals surface area (Å²) in [6.45, 7) is 1.01. The molecule has 0 aliphatic carbocycles. The number of hydrogen-bond donors (Lipinski definition) is 1. The van der Waals surface area contributed by atoms with Gasteiger partial charge in [0.2, 0.25) is 0 Å². The molecule has 0 fully saturated rings. The molecule has 3 aromatic carbocycles. The summed E-state index contributed by atoms with van der Waals surface area (Å²) < 4.78 is 11.4. The van der Waals surface area contributed by atoms with E-state index >= 15 is 0 Å². The van der Waals surface area contributed by atoms with E-state index in [2.05, 4.69) is 24.1 Å². The normalized spacial score (nSPS) is 13.6. The molecule has 23 heavy (non-hydrogen) atoms. The number of fused-ring (bicyclic) bond motifs is 5. The molecule has 4 heteroatoms. The summed E-state index contributed by atoms with van der Waals surface area (Å²) in [4.78, 5) is 2.27. The van der Waals surface area contributed by atoms with Crippen LogP contribution in [0.4, 0.5) is 5.69 Å². The van der Waals surface area contributed by atoms with Crippen LogP contribution in [0.1, 0.15) is 5.56 Å². The summed E-state index contributed by atoms with van der Waals surface area (Å²) in [7, 11) is 5.42. The van der Waals surface area contributed by atoms with E-state index in [4.69, 9.17) is 9.47 Å². The number of phenolic OH excluding ortho intramolecular Hbond substituents is 1. The van der Waals surface area contributed by atoms with Crippen LogP contribution in [0.5, 0.6) is 17.2 Å². The van der Waals surface area contributed by atoms with Crippen molar-refractivity contribution in [3.8, 4) is 17.2 Å². The lowest BCUT2D eigenvalue weighted by Crippen LogP contribution is -2.12. The zero-order valence-corrected chi connectivity index (χ0v) is 13.5. The van der Waals surface area contributed by atoms with Gasteiger partial charge in [-0.2, -0.15) is 0 Å². The van der Waals surface area contributed by atoms with Crippen molar-refractivity contribution in [2.24, 2.45) is 0 Å². The molecule has 4 nitrogen and oxygen atoms in total. The van der Waals surface area contributed by atoms with Gasteiger partial charge in [-0.05, 0) is 47.0 Å². The van der Waals surface area contributed by atoms with E-state index in [-0.39, 0.29) is 5.75 Å². The minimum atomic E-state index is 0.220. The highest BCUT2D eigenvalue weighted by Gasteiger charge is 2.24. The Morgan fingerprint density at radius 2 is 1.70 bits per heavy atom. The molecular formula is C19H19NO3. The average molecular weight is 309 g/mol. The van der Waals surface area contributed by atoms with Crippen LogP contribution in [0.15, 0.2) is 30.3 Å². The first-order valence-corrected chi connectivity index (χ1v) is 7.69. The molecule has 1 aliphatic rings. The van der Waals surface area contributed by atoms with Gasteiger partial charge in [-0.1, -0.05) is 6.07 Å². The molecule has 0 unspecified atom stereocenters. The second-order valence-electron chi connectivity index (χ2n) is 5.95. The van der Waals surface area contributed by atoms with Crippen LogP contribution in [0.3, 0.4) is 0 Å². The van der Waals surface area contributed by atoms with Gasteiger partial charge < -0.3 is 19.5 Å². The molecule has 118 valence electrons. The zero-order valence-electron chi connectivity index (χ0n) is 13.5. The third kappa shape index (κ3) is 1.84. The quantitative estimate of drug-likeness (QED) is 0.733. The van der Waals surface area contributed by atoms with E-state index in [1.54, 1.807) is 26.4 Å². The second-order valence-corrected chi connectivity index (χ2v) is 5.95. The van der Waals surface area contributed by atoms with Gasteiger partial charge in [0.1, 0.15) is 5.75 Å². The molecule has 1 aliphatic heterocycles. The van der Waals surface area contributed by atoms with Crippen LogP contribution in [-0.4, -0.2) is 32.9 Å². The number of ether oxygens (including phenoxy) is 2. The fourth-order valence-electron chi connectivity index (χ4n) is 3.72. The van der Waals surface area contributed by atoms with Gasteiger partial charge in [-0.3, -0.25) is 0 Å². The van der Waals surface area contributed by atoms with Crippen molar-refractivity contribution in [1.29, 1.82) is 0 Å². The molecule has 3 aromatic rings. The van der Waals surface area contributed by atoms with Crippen LogP contribution in [0.2, 0.25) is 0 Å². The summed E-state index contributed by atoms with van der Waals surface area (Å²) in [5.74, 6) is 1.64. The lowest BCUT2D eigenvalue weighted by atomic mass is 9.95. The summed E-state index contributed by atoms with van der Waals surface area (Å²) in [6.07, 6.45) is 0.992. The number of hydrogen-bond acceptors (Lipinski definition) is 4. The predicted octanol–water partition coefficient (Wildman–Crippen LogP) is 3.71. The van der Waals surface area contributed by atoms with Crippen molar-refractivity contribution >= 4 is 27.2 Å². The Kier molecular flexibility index (Phi) is 3.01. The van der Waals surface area contributed by atoms with Crippen molar-refractivity contribution < 1.29 is 14.6 Å². The van der Waals surface area contributed by atoms with Crippen LogP contribution < -0.4 is 14.4 Å². The number of anilines is 1. The number of phenols is 1. The number of rotatable bonds is 2. The largest absolute Gasteiger partial charge is 0.508 e. The molecule has 0 saturated carbocycles. The SMILES string of the molecule is COc1c(OC)c2c3c(ccc2c2ccc(O)cc12)N(C)CC3. The number of methoxy groups -OCH3 is 2. The number of nitrogens with zero attached hydrogens (tertiary/aromatic N) is 1. The highest BCUT2D eigenvalue weighted by atomic mass is 16.5. The first-order valence-electron chi connectivity index (χ1n) is 7.69. The summed E-state index contributed by atoms with van der Waals surface area (Å²) >= 11 is 0. The Bertz CT molecular complexity index is 933. The molecule has 0 bridgehead atoms. The van der Waals surface area contributed by atoms with Gasteiger partial charge in [-0.25, -0.2) is 0 Å². The van der Waals surface area contributed by atoms with E-state index in [9.17, 15) is 5.11 Å². The summed E-state index contributed by atoms with van der Waals surface area (Å²) in [5.41, 5.74) is 2.55. The first kappa shape index (κ1) is 14.0. The Balaban J connectivity index is 2.25. The molecule has 4 rings (SSSR count). The number of benzene rings is 3. The third-order valence-corrected chi connectivity index (χ3v) is 4.78. The van der Waals surface area contributed by atoms with Crippen LogP contribution in [0.25, 0.3) is 21.5 Å². The number of likely N-dealkylation sites (N-methyl/N-ethyl adjacent to an activating group) is 1. The van der Waals surface area contributed by atoms with Gasteiger partial charge in [0, 0.05) is 30.1 Å². The monoisotopic (exact) mass is 309 g/mol. The lowest BCUT2D eigenvalue weighted by Gasteiger charge is -2.18. The molecular weight excluding hydrogens is 290 g/mol. The Morgan fingerprint density at radius 1 is 0.957 bits per heavy atom. The first-order chi connectivity index (χ1) is 11.2. The molecule has 1 N–H and O–H groups in total. The smallest absolute Gasteiger partial charge is 0.169 e. The molecule has 0 saturated heterocycles. The van der Waals surface area contributed by atoms with Gasteiger partial charge in [0.05, 0.1) is 14.2 Å². The molecule has 0 spiro atoms. The van der Waals surface area contributed by atoms with Gasteiger partial charge in [-0.15, -0.1) is 0 Å². The summed E-state index contributed by atoms with van der Waals surface area (Å²) in [6, 6.07) is 9.70. The Labute approximate surface area is 134 Å². The van der Waals surface area contributed by atoms with E-state index in [0.717, 1.165) is 40.3 Å². The van der Waals surface area contributed by atoms with E-state index in [0.29, 0.717) is 5.75 Å². The molecule has 1 heterocycles. The van der Waals surface area contributed by atoms with E-state index in [1.165, 1.54) is 11.3 Å². The maximum Gasteiger partial charge on any atom is 0.169 e. The predicted molar refractivity (Wildman–Crippen MR) is 93.2 cm³/mol. The van der Waals surface area contributed by atoms with Gasteiger partial charge in [0.25, 0.3) is 0 Å². The standard InChI is InChI=1S/C19H19NO3/c1-20-9-8-14-16(20)7-6-13-12-5-4-11(21)10-15(12)18(22-2)19(23-3)17(13)14/h4-7,10,21H,8-9H2,1-3H3. The Morgan fingerprint density at radius 3 is 2.43 bits per heavy atom. The fraction of sp³-hybridized carbons (Fsp3) is 0.263. The van der Waals surface area contributed by atoms with Crippen molar-refractivity contribution in [1.82, 2.24) is 0 Å². The zero-order chi connectivity index (χ0) is 16.1. The maximum absolute atomic E-state index is 9.87. The highest BCUT2D eigenvalue weighted by molar-refractivity contribution is 6.16. The third-order valence-electron chi connectivity index (χ3n) is 4.78. The summed E-state index contributed by atoms with van der Waals surface area (Å²) in [5, 5.41) is 14.0. The van der Waals surface area contributed by atoms with E-state index < -0.39 is 0 Å². The van der Waals surface area contributed by atoms with Crippen molar-refractivity contribution in [3.63, 3.8) is 0 Å². The van der Waals surface area contributed by atoms with E-state index in [1.807, 2.05) is 6.07 Å².